The summed E-state index contributed by atoms with van der Waals surface area (Å²) in [5, 5.41) is 11.6. The van der Waals surface area contributed by atoms with Crippen LogP contribution in [-0.4, -0.2) is 16.7 Å². The first kappa shape index (κ1) is 9.06. The van der Waals surface area contributed by atoms with Gasteiger partial charge in [0.25, 0.3) is 0 Å². The molecule has 0 radical (unpaired) electrons. The lowest BCUT2D eigenvalue weighted by Crippen LogP contribution is -2.07. The van der Waals surface area contributed by atoms with E-state index in [2.05, 4.69) is 35.4 Å². The van der Waals surface area contributed by atoms with Crippen LogP contribution in [0.2, 0.25) is 0 Å². The Morgan fingerprint density at radius 2 is 2.29 bits per heavy atom. The third kappa shape index (κ3) is 1.71. The van der Waals surface area contributed by atoms with Gasteiger partial charge < -0.3 is 5.32 Å². The van der Waals surface area contributed by atoms with Crippen LogP contribution < -0.4 is 5.32 Å². The van der Waals surface area contributed by atoms with Crippen molar-refractivity contribution < 1.29 is 0 Å². The van der Waals surface area contributed by atoms with E-state index < -0.39 is 0 Å². The summed E-state index contributed by atoms with van der Waals surface area (Å²) >= 11 is 0. The first-order chi connectivity index (χ1) is 6.77. The van der Waals surface area contributed by atoms with E-state index in [-0.39, 0.29) is 0 Å². The van der Waals surface area contributed by atoms with E-state index >= 15 is 0 Å². The summed E-state index contributed by atoms with van der Waals surface area (Å²) in [6.07, 6.45) is 1.86. The van der Waals surface area contributed by atoms with Crippen molar-refractivity contribution in [1.82, 2.24) is 10.2 Å². The zero-order chi connectivity index (χ0) is 9.97. The molecular formula is C11H15N3. The third-order valence-corrected chi connectivity index (χ3v) is 2.19. The second-order valence-corrected chi connectivity index (χ2v) is 3.91. The van der Waals surface area contributed by atoms with Crippen molar-refractivity contribution in [2.45, 2.75) is 13.8 Å². The molecule has 0 fully saturated rings. The van der Waals surface area contributed by atoms with Crippen LogP contribution >= 0.6 is 0 Å². The van der Waals surface area contributed by atoms with Gasteiger partial charge >= 0.3 is 0 Å². The summed E-state index contributed by atoms with van der Waals surface area (Å²) in [4.78, 5) is 0. The van der Waals surface area contributed by atoms with Crippen molar-refractivity contribution in [2.75, 3.05) is 11.9 Å². The number of fused-ring (bicyclic) bond motifs is 1. The fourth-order valence-electron chi connectivity index (χ4n) is 1.44. The maximum Gasteiger partial charge on any atom is 0.0671 e. The van der Waals surface area contributed by atoms with Gasteiger partial charge in [-0.1, -0.05) is 19.9 Å². The number of nitrogens with zero attached hydrogens (tertiary/aromatic N) is 1. The van der Waals surface area contributed by atoms with Crippen molar-refractivity contribution >= 4 is 16.6 Å². The van der Waals surface area contributed by atoms with E-state index in [4.69, 9.17) is 0 Å². The molecule has 0 bridgehead atoms. The standard InChI is InChI=1S/C11H15N3/c1-8(2)6-12-10-4-3-5-11-9(10)7-13-14-11/h3-5,7-8,12H,6H2,1-2H3,(H,13,14). The van der Waals surface area contributed by atoms with E-state index in [1.807, 2.05) is 18.3 Å². The van der Waals surface area contributed by atoms with Gasteiger partial charge in [-0.15, -0.1) is 0 Å². The van der Waals surface area contributed by atoms with E-state index in [9.17, 15) is 0 Å². The van der Waals surface area contributed by atoms with Crippen molar-refractivity contribution in [3.8, 4) is 0 Å². The molecular weight excluding hydrogens is 174 g/mol. The Bertz CT molecular complexity index is 417. The normalized spacial score (nSPS) is 11.1. The second kappa shape index (κ2) is 3.70. The Kier molecular flexibility index (Phi) is 2.39. The van der Waals surface area contributed by atoms with E-state index in [0.717, 1.165) is 23.1 Å². The van der Waals surface area contributed by atoms with Crippen molar-refractivity contribution in [3.05, 3.63) is 24.4 Å². The summed E-state index contributed by atoms with van der Waals surface area (Å²) in [6.45, 7) is 5.38. The van der Waals surface area contributed by atoms with Gasteiger partial charge in [-0.25, -0.2) is 0 Å². The van der Waals surface area contributed by atoms with E-state index in [1.165, 1.54) is 0 Å². The minimum atomic E-state index is 0.650. The molecule has 1 aromatic heterocycles. The first-order valence-corrected chi connectivity index (χ1v) is 4.93. The van der Waals surface area contributed by atoms with Gasteiger partial charge in [0.15, 0.2) is 0 Å². The lowest BCUT2D eigenvalue weighted by Gasteiger charge is -2.09. The molecule has 2 N–H and O–H groups in total. The molecule has 0 saturated carbocycles. The van der Waals surface area contributed by atoms with Crippen LogP contribution in [0.5, 0.6) is 0 Å². The maximum absolute atomic E-state index is 4.02. The number of nitrogens with one attached hydrogen (secondary N) is 2. The molecule has 0 amide bonds. The van der Waals surface area contributed by atoms with Crippen LogP contribution in [-0.2, 0) is 0 Å². The molecule has 3 heteroatoms. The van der Waals surface area contributed by atoms with Crippen molar-refractivity contribution in [1.29, 1.82) is 0 Å². The number of hydrogen-bond acceptors (Lipinski definition) is 2. The predicted molar refractivity (Wildman–Crippen MR) is 59.4 cm³/mol. The Labute approximate surface area is 83.5 Å². The zero-order valence-corrected chi connectivity index (χ0v) is 8.54. The molecule has 0 saturated heterocycles. The van der Waals surface area contributed by atoms with Crippen LogP contribution in [0.3, 0.4) is 0 Å². The predicted octanol–water partition coefficient (Wildman–Crippen LogP) is 2.63. The van der Waals surface area contributed by atoms with Crippen LogP contribution in [0.4, 0.5) is 5.69 Å². The van der Waals surface area contributed by atoms with Gasteiger partial charge in [-0.3, -0.25) is 5.10 Å². The van der Waals surface area contributed by atoms with Crippen LogP contribution in [0.15, 0.2) is 24.4 Å². The summed E-state index contributed by atoms with van der Waals surface area (Å²) in [7, 11) is 0. The Balaban J connectivity index is 2.27. The molecule has 2 rings (SSSR count). The van der Waals surface area contributed by atoms with Gasteiger partial charge in [0.05, 0.1) is 11.7 Å². The quantitative estimate of drug-likeness (QED) is 0.779. The number of aromatic amines is 1. The average molecular weight is 189 g/mol. The lowest BCUT2D eigenvalue weighted by atomic mass is 10.2. The minimum Gasteiger partial charge on any atom is -0.384 e. The molecule has 0 aliphatic carbocycles. The number of anilines is 1. The van der Waals surface area contributed by atoms with Gasteiger partial charge in [0, 0.05) is 17.6 Å². The lowest BCUT2D eigenvalue weighted by molar-refractivity contribution is 0.689. The SMILES string of the molecule is CC(C)CNc1cccc2[nH]ncc12. The molecule has 0 unspecified atom stereocenters. The highest BCUT2D eigenvalue weighted by molar-refractivity contribution is 5.90. The molecule has 74 valence electrons. The Hall–Kier alpha value is -1.51. The summed E-state index contributed by atoms with van der Waals surface area (Å²) in [5.41, 5.74) is 2.24. The molecule has 1 heterocycles. The minimum absolute atomic E-state index is 0.650. The van der Waals surface area contributed by atoms with Gasteiger partial charge in [-0.05, 0) is 18.1 Å². The Morgan fingerprint density at radius 1 is 1.43 bits per heavy atom. The molecule has 2 aromatic rings. The highest BCUT2D eigenvalue weighted by Crippen LogP contribution is 2.20. The van der Waals surface area contributed by atoms with Gasteiger partial charge in [0.2, 0.25) is 0 Å². The van der Waals surface area contributed by atoms with Crippen LogP contribution in [0.25, 0.3) is 10.9 Å². The van der Waals surface area contributed by atoms with Crippen LogP contribution in [0.1, 0.15) is 13.8 Å². The number of benzene rings is 1. The summed E-state index contributed by atoms with van der Waals surface area (Å²) in [5.74, 6) is 0.650. The molecule has 14 heavy (non-hydrogen) atoms. The third-order valence-electron chi connectivity index (χ3n) is 2.19. The number of H-pyrrole nitrogens is 1. The van der Waals surface area contributed by atoms with E-state index in [1.54, 1.807) is 0 Å². The summed E-state index contributed by atoms with van der Waals surface area (Å²) < 4.78 is 0. The zero-order valence-electron chi connectivity index (χ0n) is 8.54. The van der Waals surface area contributed by atoms with Gasteiger partial charge in [0.1, 0.15) is 0 Å². The number of rotatable bonds is 3. The second-order valence-electron chi connectivity index (χ2n) is 3.91. The molecule has 0 atom stereocenters. The van der Waals surface area contributed by atoms with Crippen molar-refractivity contribution in [3.63, 3.8) is 0 Å². The number of hydrogen-bond donors (Lipinski definition) is 2. The first-order valence-electron chi connectivity index (χ1n) is 4.93. The molecule has 0 spiro atoms. The Morgan fingerprint density at radius 3 is 3.07 bits per heavy atom. The monoisotopic (exact) mass is 189 g/mol. The topological polar surface area (TPSA) is 40.7 Å². The fourth-order valence-corrected chi connectivity index (χ4v) is 1.44. The highest BCUT2D eigenvalue weighted by atomic mass is 15.1. The molecule has 0 aliphatic heterocycles. The highest BCUT2D eigenvalue weighted by Gasteiger charge is 2.01. The molecule has 1 aromatic carbocycles. The van der Waals surface area contributed by atoms with E-state index in [0.29, 0.717) is 5.92 Å². The summed E-state index contributed by atoms with van der Waals surface area (Å²) in [6, 6.07) is 6.15. The van der Waals surface area contributed by atoms with Gasteiger partial charge in [-0.2, -0.15) is 5.10 Å². The smallest absolute Gasteiger partial charge is 0.0671 e. The largest absolute Gasteiger partial charge is 0.384 e. The molecule has 3 nitrogen and oxygen atoms in total. The number of aromatic nitrogens is 2. The van der Waals surface area contributed by atoms with Crippen molar-refractivity contribution in [2.24, 2.45) is 5.92 Å². The average Bonchev–Trinajstić information content (AvgIpc) is 2.62. The maximum atomic E-state index is 4.02. The molecule has 0 aliphatic rings. The van der Waals surface area contributed by atoms with Crippen LogP contribution in [0, 0.1) is 5.92 Å². The fraction of sp³-hybridized carbons (Fsp3) is 0.364.